The van der Waals surface area contributed by atoms with Crippen molar-refractivity contribution >= 4 is 20.2 Å². The van der Waals surface area contributed by atoms with E-state index in [0.717, 1.165) is 5.56 Å². The van der Waals surface area contributed by atoms with Gasteiger partial charge in [-0.2, -0.15) is 0 Å². The summed E-state index contributed by atoms with van der Waals surface area (Å²) < 4.78 is 11.4. The number of hydrogen-bond acceptors (Lipinski definition) is 4. The van der Waals surface area contributed by atoms with Gasteiger partial charge in [-0.25, -0.2) is 9.78 Å². The average molecular weight is 339 g/mol. The Kier molecular flexibility index (Phi) is 5.98. The van der Waals surface area contributed by atoms with Gasteiger partial charge in [0.1, 0.15) is 11.4 Å². The average Bonchev–Trinajstić information content (AvgIpc) is 2.33. The van der Waals surface area contributed by atoms with E-state index in [-0.39, 0.29) is 5.04 Å². The molecule has 0 aromatic carbocycles. The molecule has 0 fully saturated rings. The van der Waals surface area contributed by atoms with E-state index < -0.39 is 20.0 Å². The number of carbonyl (C=O) groups excluding carboxylic acids is 1. The third kappa shape index (κ3) is 6.70. The van der Waals surface area contributed by atoms with Crippen LogP contribution >= 0.6 is 0 Å². The fourth-order valence-corrected chi connectivity index (χ4v) is 2.48. The SMILES string of the molecule is CC(C)(C)OC(=O)Nc1cc(CO[Si](C)(C)C(C)(C)C)ccn1. The standard InChI is InChI=1S/C17H30N2O3Si/c1-16(2,3)22-15(20)19-14-11-13(9-10-18-14)12-21-23(7,8)17(4,5)6/h9-11H,12H2,1-8H3,(H,18,19,20). The zero-order valence-electron chi connectivity index (χ0n) is 15.6. The second-order valence-corrected chi connectivity index (χ2v) is 13.0. The Balaban J connectivity index is 2.69. The Morgan fingerprint density at radius 3 is 2.35 bits per heavy atom. The molecule has 0 unspecified atom stereocenters. The van der Waals surface area contributed by atoms with Crippen LogP contribution in [-0.4, -0.2) is 25.0 Å². The molecular weight excluding hydrogens is 308 g/mol. The van der Waals surface area contributed by atoms with Crippen molar-refractivity contribution in [2.45, 2.75) is 71.9 Å². The molecule has 0 radical (unpaired) electrons. The number of nitrogens with zero attached hydrogens (tertiary/aromatic N) is 1. The van der Waals surface area contributed by atoms with E-state index in [9.17, 15) is 4.79 Å². The highest BCUT2D eigenvalue weighted by Crippen LogP contribution is 2.37. The highest BCUT2D eigenvalue weighted by Gasteiger charge is 2.37. The highest BCUT2D eigenvalue weighted by atomic mass is 28.4. The van der Waals surface area contributed by atoms with E-state index in [1.807, 2.05) is 32.9 Å². The number of rotatable bonds is 4. The lowest BCUT2D eigenvalue weighted by Crippen LogP contribution is -2.40. The minimum absolute atomic E-state index is 0.164. The fourth-order valence-electron chi connectivity index (χ4n) is 1.52. The van der Waals surface area contributed by atoms with Crippen molar-refractivity contribution in [3.63, 3.8) is 0 Å². The molecule has 0 bridgehead atoms. The van der Waals surface area contributed by atoms with Gasteiger partial charge in [0.05, 0.1) is 6.61 Å². The quantitative estimate of drug-likeness (QED) is 0.789. The molecule has 0 saturated heterocycles. The van der Waals surface area contributed by atoms with Crippen molar-refractivity contribution < 1.29 is 14.0 Å². The van der Waals surface area contributed by atoms with Crippen molar-refractivity contribution in [2.75, 3.05) is 5.32 Å². The van der Waals surface area contributed by atoms with Crippen LogP contribution in [-0.2, 0) is 15.8 Å². The summed E-state index contributed by atoms with van der Waals surface area (Å²) in [5.74, 6) is 0.468. The topological polar surface area (TPSA) is 60.5 Å². The molecule has 1 heterocycles. The lowest BCUT2D eigenvalue weighted by molar-refractivity contribution is 0.0635. The van der Waals surface area contributed by atoms with Gasteiger partial charge in [-0.3, -0.25) is 5.32 Å². The summed E-state index contributed by atoms with van der Waals surface area (Å²) in [4.78, 5) is 15.9. The normalized spacial score (nSPS) is 12.9. The van der Waals surface area contributed by atoms with Crippen molar-refractivity contribution in [3.8, 4) is 0 Å². The van der Waals surface area contributed by atoms with Crippen LogP contribution in [0.4, 0.5) is 10.6 Å². The maximum atomic E-state index is 11.8. The molecule has 1 rings (SSSR count). The maximum absolute atomic E-state index is 11.8. The minimum Gasteiger partial charge on any atom is -0.444 e. The smallest absolute Gasteiger partial charge is 0.413 e. The lowest BCUT2D eigenvalue weighted by Gasteiger charge is -2.36. The van der Waals surface area contributed by atoms with Crippen LogP contribution in [0.25, 0.3) is 0 Å². The van der Waals surface area contributed by atoms with Crippen LogP contribution in [0.3, 0.4) is 0 Å². The molecule has 23 heavy (non-hydrogen) atoms. The zero-order valence-corrected chi connectivity index (χ0v) is 16.6. The number of aromatic nitrogens is 1. The third-order valence-corrected chi connectivity index (χ3v) is 8.34. The van der Waals surface area contributed by atoms with E-state index in [1.54, 1.807) is 6.20 Å². The number of amides is 1. The van der Waals surface area contributed by atoms with Crippen molar-refractivity contribution in [2.24, 2.45) is 0 Å². The fraction of sp³-hybridized carbons (Fsp3) is 0.647. The molecule has 1 aromatic heterocycles. The Bertz CT molecular complexity index is 546. The molecular formula is C17H30N2O3Si. The van der Waals surface area contributed by atoms with Gasteiger partial charge >= 0.3 is 6.09 Å². The molecule has 1 amide bonds. The summed E-state index contributed by atoms with van der Waals surface area (Å²) in [5, 5.41) is 2.81. The number of anilines is 1. The van der Waals surface area contributed by atoms with Gasteiger partial charge in [0.25, 0.3) is 0 Å². The molecule has 0 aliphatic carbocycles. The molecule has 0 saturated carbocycles. The van der Waals surface area contributed by atoms with E-state index in [4.69, 9.17) is 9.16 Å². The van der Waals surface area contributed by atoms with Crippen molar-refractivity contribution in [1.29, 1.82) is 0 Å². The number of carbonyl (C=O) groups is 1. The Morgan fingerprint density at radius 1 is 1.22 bits per heavy atom. The lowest BCUT2D eigenvalue weighted by atomic mass is 10.2. The summed E-state index contributed by atoms with van der Waals surface area (Å²) in [6.07, 6.45) is 1.16. The van der Waals surface area contributed by atoms with Crippen LogP contribution < -0.4 is 5.32 Å². The van der Waals surface area contributed by atoms with Gasteiger partial charge in [0.2, 0.25) is 0 Å². The second-order valence-electron chi connectivity index (χ2n) is 8.23. The molecule has 0 aliphatic heterocycles. The van der Waals surface area contributed by atoms with Gasteiger partial charge in [0, 0.05) is 6.20 Å². The summed E-state index contributed by atoms with van der Waals surface area (Å²) in [6, 6.07) is 3.71. The van der Waals surface area contributed by atoms with Gasteiger partial charge < -0.3 is 9.16 Å². The minimum atomic E-state index is -1.80. The first-order valence-electron chi connectivity index (χ1n) is 7.89. The summed E-state index contributed by atoms with van der Waals surface area (Å²) in [6.45, 7) is 17.0. The van der Waals surface area contributed by atoms with E-state index in [0.29, 0.717) is 12.4 Å². The number of pyridine rings is 1. The highest BCUT2D eigenvalue weighted by molar-refractivity contribution is 6.74. The van der Waals surface area contributed by atoms with E-state index in [2.05, 4.69) is 44.2 Å². The van der Waals surface area contributed by atoms with Crippen LogP contribution in [0.1, 0.15) is 47.1 Å². The summed E-state index contributed by atoms with van der Waals surface area (Å²) in [5.41, 5.74) is 0.448. The van der Waals surface area contributed by atoms with Crippen molar-refractivity contribution in [3.05, 3.63) is 23.9 Å². The monoisotopic (exact) mass is 338 g/mol. The predicted octanol–water partition coefficient (Wildman–Crippen LogP) is 4.95. The molecule has 0 atom stereocenters. The van der Waals surface area contributed by atoms with Crippen LogP contribution in [0.5, 0.6) is 0 Å². The molecule has 0 aliphatic rings. The van der Waals surface area contributed by atoms with Crippen molar-refractivity contribution in [1.82, 2.24) is 4.98 Å². The number of ether oxygens (including phenoxy) is 1. The van der Waals surface area contributed by atoms with Gasteiger partial charge in [-0.1, -0.05) is 20.8 Å². The van der Waals surface area contributed by atoms with Crippen LogP contribution in [0.15, 0.2) is 18.3 Å². The number of nitrogens with one attached hydrogen (secondary N) is 1. The molecule has 1 aromatic rings. The Labute approximate surface area is 140 Å². The zero-order chi connectivity index (χ0) is 17.9. The van der Waals surface area contributed by atoms with E-state index in [1.165, 1.54) is 0 Å². The van der Waals surface area contributed by atoms with Gasteiger partial charge in [0.15, 0.2) is 8.32 Å². The summed E-state index contributed by atoms with van der Waals surface area (Å²) >= 11 is 0. The van der Waals surface area contributed by atoms with Gasteiger partial charge in [-0.15, -0.1) is 0 Å². The Morgan fingerprint density at radius 2 is 1.83 bits per heavy atom. The Hall–Kier alpha value is -1.40. The molecule has 6 heteroatoms. The molecule has 1 N–H and O–H groups in total. The first-order chi connectivity index (χ1) is 10.3. The molecule has 5 nitrogen and oxygen atoms in total. The van der Waals surface area contributed by atoms with Crippen LogP contribution in [0.2, 0.25) is 18.1 Å². The first-order valence-corrected chi connectivity index (χ1v) is 10.8. The summed E-state index contributed by atoms with van der Waals surface area (Å²) in [7, 11) is -1.80. The molecule has 130 valence electrons. The third-order valence-electron chi connectivity index (χ3n) is 3.86. The first kappa shape index (κ1) is 19.6. The number of hydrogen-bond donors (Lipinski definition) is 1. The van der Waals surface area contributed by atoms with Crippen LogP contribution in [0, 0.1) is 0 Å². The van der Waals surface area contributed by atoms with Gasteiger partial charge in [-0.05, 0) is 56.6 Å². The van der Waals surface area contributed by atoms with E-state index >= 15 is 0 Å². The second kappa shape index (κ2) is 7.01. The predicted molar refractivity (Wildman–Crippen MR) is 96.1 cm³/mol. The largest absolute Gasteiger partial charge is 0.444 e. The maximum Gasteiger partial charge on any atom is 0.413 e. The molecule has 0 spiro atoms.